The first-order chi connectivity index (χ1) is 7.91. The van der Waals surface area contributed by atoms with E-state index in [1.807, 2.05) is 20.8 Å². The van der Waals surface area contributed by atoms with Crippen molar-refractivity contribution in [2.24, 2.45) is 11.1 Å². The fraction of sp³-hybridized carbons (Fsp3) is 0.917. The molecule has 0 fully saturated rings. The first kappa shape index (κ1) is 16.6. The van der Waals surface area contributed by atoms with Crippen LogP contribution in [0.25, 0.3) is 0 Å². The molecule has 0 aromatic rings. The van der Waals surface area contributed by atoms with E-state index in [2.05, 4.69) is 5.32 Å². The van der Waals surface area contributed by atoms with Gasteiger partial charge in [0.2, 0.25) is 5.91 Å². The van der Waals surface area contributed by atoms with E-state index in [1.54, 1.807) is 6.26 Å². The van der Waals surface area contributed by atoms with E-state index in [0.717, 1.165) is 19.3 Å². The molecule has 5 heteroatoms. The quantitative estimate of drug-likeness (QED) is 0.686. The Kier molecular flexibility index (Phi) is 7.63. The zero-order chi connectivity index (χ0) is 13.5. The minimum Gasteiger partial charge on any atom is -0.353 e. The summed E-state index contributed by atoms with van der Waals surface area (Å²) in [5.41, 5.74) is 5.27. The molecule has 0 aliphatic carbocycles. The fourth-order valence-corrected chi connectivity index (χ4v) is 2.43. The SMILES string of the molecule is CCC(CC)(CN)C(=O)NC(C)CCS(C)=O. The van der Waals surface area contributed by atoms with Crippen LogP contribution in [-0.2, 0) is 15.6 Å². The highest BCUT2D eigenvalue weighted by molar-refractivity contribution is 7.84. The van der Waals surface area contributed by atoms with Gasteiger partial charge in [0.15, 0.2) is 0 Å². The zero-order valence-electron chi connectivity index (χ0n) is 11.4. The topological polar surface area (TPSA) is 72.2 Å². The van der Waals surface area contributed by atoms with Gasteiger partial charge in [-0.15, -0.1) is 0 Å². The molecule has 0 saturated carbocycles. The van der Waals surface area contributed by atoms with Crippen LogP contribution in [0.4, 0.5) is 0 Å². The van der Waals surface area contributed by atoms with Gasteiger partial charge in [0, 0.05) is 35.4 Å². The maximum absolute atomic E-state index is 12.1. The molecular formula is C12H26N2O2S. The lowest BCUT2D eigenvalue weighted by molar-refractivity contribution is -0.131. The van der Waals surface area contributed by atoms with Crippen LogP contribution in [-0.4, -0.2) is 34.7 Å². The van der Waals surface area contributed by atoms with Gasteiger partial charge in [-0.1, -0.05) is 13.8 Å². The van der Waals surface area contributed by atoms with Gasteiger partial charge in [0.25, 0.3) is 0 Å². The molecule has 0 aromatic heterocycles. The third-order valence-corrected chi connectivity index (χ3v) is 4.25. The van der Waals surface area contributed by atoms with Gasteiger partial charge in [-0.25, -0.2) is 0 Å². The second-order valence-electron chi connectivity index (χ2n) is 4.63. The highest BCUT2D eigenvalue weighted by Crippen LogP contribution is 2.25. The van der Waals surface area contributed by atoms with Crippen molar-refractivity contribution in [3.63, 3.8) is 0 Å². The Morgan fingerprint density at radius 1 is 1.41 bits per heavy atom. The summed E-state index contributed by atoms with van der Waals surface area (Å²) < 4.78 is 11.0. The number of hydrogen-bond donors (Lipinski definition) is 2. The number of nitrogens with one attached hydrogen (secondary N) is 1. The number of hydrogen-bond acceptors (Lipinski definition) is 3. The Morgan fingerprint density at radius 3 is 2.29 bits per heavy atom. The van der Waals surface area contributed by atoms with Crippen LogP contribution in [0.5, 0.6) is 0 Å². The minimum absolute atomic E-state index is 0.0272. The van der Waals surface area contributed by atoms with Crippen molar-refractivity contribution in [3.05, 3.63) is 0 Å². The first-order valence-corrected chi connectivity index (χ1v) is 7.95. The molecule has 17 heavy (non-hydrogen) atoms. The van der Waals surface area contributed by atoms with Crippen molar-refractivity contribution in [1.29, 1.82) is 0 Å². The van der Waals surface area contributed by atoms with Crippen LogP contribution < -0.4 is 11.1 Å². The summed E-state index contributed by atoms with van der Waals surface area (Å²) in [6.07, 6.45) is 3.91. The summed E-state index contributed by atoms with van der Waals surface area (Å²) in [5.74, 6) is 0.648. The normalized spacial score (nSPS) is 15.4. The lowest BCUT2D eigenvalue weighted by Gasteiger charge is -2.30. The molecule has 0 aromatic carbocycles. The summed E-state index contributed by atoms with van der Waals surface area (Å²) >= 11 is 0. The molecule has 0 spiro atoms. The van der Waals surface area contributed by atoms with Crippen molar-refractivity contribution < 1.29 is 9.00 Å². The summed E-state index contributed by atoms with van der Waals surface area (Å²) in [6.45, 7) is 6.29. The van der Waals surface area contributed by atoms with Crippen molar-refractivity contribution in [1.82, 2.24) is 5.32 Å². The van der Waals surface area contributed by atoms with Gasteiger partial charge >= 0.3 is 0 Å². The third kappa shape index (κ3) is 5.17. The standard InChI is InChI=1S/C12H26N2O2S/c1-5-12(6-2,9-13)11(15)14-10(3)7-8-17(4)16/h10H,5-9,13H2,1-4H3,(H,14,15). The molecule has 0 rings (SSSR count). The molecule has 2 unspecified atom stereocenters. The Labute approximate surface area is 107 Å². The largest absolute Gasteiger partial charge is 0.353 e. The molecule has 0 radical (unpaired) electrons. The number of nitrogens with two attached hydrogens (primary N) is 1. The zero-order valence-corrected chi connectivity index (χ0v) is 12.2. The van der Waals surface area contributed by atoms with Crippen LogP contribution in [0.2, 0.25) is 0 Å². The van der Waals surface area contributed by atoms with Crippen LogP contribution >= 0.6 is 0 Å². The monoisotopic (exact) mass is 262 g/mol. The van der Waals surface area contributed by atoms with E-state index in [-0.39, 0.29) is 11.9 Å². The maximum Gasteiger partial charge on any atom is 0.227 e. The molecule has 0 bridgehead atoms. The lowest BCUT2D eigenvalue weighted by atomic mass is 9.81. The van der Waals surface area contributed by atoms with Gasteiger partial charge in [-0.05, 0) is 26.2 Å². The van der Waals surface area contributed by atoms with E-state index >= 15 is 0 Å². The van der Waals surface area contributed by atoms with Gasteiger partial charge in [-0.2, -0.15) is 0 Å². The lowest BCUT2D eigenvalue weighted by Crippen LogP contribution is -2.48. The van der Waals surface area contributed by atoms with E-state index in [4.69, 9.17) is 5.73 Å². The van der Waals surface area contributed by atoms with E-state index in [9.17, 15) is 9.00 Å². The van der Waals surface area contributed by atoms with Crippen LogP contribution in [0, 0.1) is 5.41 Å². The predicted molar refractivity (Wildman–Crippen MR) is 73.2 cm³/mol. The number of carbonyl (C=O) groups excluding carboxylic acids is 1. The van der Waals surface area contributed by atoms with Crippen LogP contribution in [0.1, 0.15) is 40.0 Å². The minimum atomic E-state index is -0.803. The first-order valence-electron chi connectivity index (χ1n) is 6.23. The molecule has 0 saturated heterocycles. The molecular weight excluding hydrogens is 236 g/mol. The Morgan fingerprint density at radius 2 is 1.94 bits per heavy atom. The van der Waals surface area contributed by atoms with Gasteiger partial charge in [0.1, 0.15) is 0 Å². The van der Waals surface area contributed by atoms with Crippen molar-refractivity contribution in [2.45, 2.75) is 46.1 Å². The van der Waals surface area contributed by atoms with Gasteiger partial charge in [-0.3, -0.25) is 9.00 Å². The molecule has 0 heterocycles. The number of carbonyl (C=O) groups is 1. The fourth-order valence-electron chi connectivity index (χ4n) is 1.74. The Balaban J connectivity index is 4.35. The van der Waals surface area contributed by atoms with E-state index in [1.165, 1.54) is 0 Å². The molecule has 2 atom stereocenters. The molecule has 1 amide bonds. The van der Waals surface area contributed by atoms with Gasteiger partial charge in [0.05, 0.1) is 5.41 Å². The molecule has 102 valence electrons. The highest BCUT2D eigenvalue weighted by atomic mass is 32.2. The second-order valence-corrected chi connectivity index (χ2v) is 6.19. The van der Waals surface area contributed by atoms with Crippen molar-refractivity contribution >= 4 is 16.7 Å². The summed E-state index contributed by atoms with van der Waals surface area (Å²) in [4.78, 5) is 12.1. The summed E-state index contributed by atoms with van der Waals surface area (Å²) in [7, 11) is -0.803. The van der Waals surface area contributed by atoms with E-state index in [0.29, 0.717) is 12.3 Å². The Hall–Kier alpha value is -0.420. The highest BCUT2D eigenvalue weighted by Gasteiger charge is 2.33. The number of amides is 1. The average Bonchev–Trinajstić information content (AvgIpc) is 2.29. The van der Waals surface area contributed by atoms with E-state index < -0.39 is 16.2 Å². The smallest absolute Gasteiger partial charge is 0.227 e. The molecule has 0 aliphatic rings. The van der Waals surface area contributed by atoms with Crippen molar-refractivity contribution in [3.8, 4) is 0 Å². The average molecular weight is 262 g/mol. The number of rotatable bonds is 8. The molecule has 0 aliphatic heterocycles. The Bertz CT molecular complexity index is 257. The van der Waals surface area contributed by atoms with Crippen molar-refractivity contribution in [2.75, 3.05) is 18.6 Å². The van der Waals surface area contributed by atoms with Gasteiger partial charge < -0.3 is 11.1 Å². The van der Waals surface area contributed by atoms with Crippen LogP contribution in [0.3, 0.4) is 0 Å². The third-order valence-electron chi connectivity index (χ3n) is 3.44. The molecule has 3 N–H and O–H groups in total. The van der Waals surface area contributed by atoms with Crippen LogP contribution in [0.15, 0.2) is 0 Å². The molecule has 4 nitrogen and oxygen atoms in total. The summed E-state index contributed by atoms with van der Waals surface area (Å²) in [5, 5.41) is 2.98. The maximum atomic E-state index is 12.1. The predicted octanol–water partition coefficient (Wildman–Crippen LogP) is 1.02. The second kappa shape index (κ2) is 7.82. The summed E-state index contributed by atoms with van der Waals surface area (Å²) in [6, 6.07) is 0.0513.